The standard InChI is InChI=1S/C24H25F5N4O4/c1-11-17(14-6-7-15(25)18(26)19(14)35-3)23(21(31)34,37-22(11,2)24(27,28)29)12-8-9-32-16(10-12)20(30)33-36-13-4-5-13/h6-11,13,17H,4-5H2,1-3H3,(H2,30,33)(H2,31,34). The van der Waals surface area contributed by atoms with Crippen LogP contribution in [0.4, 0.5) is 22.0 Å². The third-order valence-corrected chi connectivity index (χ3v) is 7.00. The normalized spacial score (nSPS) is 28.3. The summed E-state index contributed by atoms with van der Waals surface area (Å²) in [6.45, 7) is 1.95. The SMILES string of the molecule is COc1c(C2C(C)C(C)(C(F)(F)F)OC2(C(N)=O)c2ccnc(/C(N)=N/OC3CC3)c2)ccc(F)c1F. The van der Waals surface area contributed by atoms with Gasteiger partial charge in [0.25, 0.3) is 5.91 Å². The maximum absolute atomic E-state index is 14.7. The predicted molar refractivity (Wildman–Crippen MR) is 120 cm³/mol. The number of benzene rings is 1. The predicted octanol–water partition coefficient (Wildman–Crippen LogP) is 3.62. The van der Waals surface area contributed by atoms with Crippen LogP contribution in [0.2, 0.25) is 0 Å². The van der Waals surface area contributed by atoms with Gasteiger partial charge in [-0.05, 0) is 43.5 Å². The van der Waals surface area contributed by atoms with Crippen LogP contribution in [0.15, 0.2) is 35.6 Å². The molecule has 1 amide bonds. The molecule has 200 valence electrons. The topological polar surface area (TPSA) is 122 Å². The molecule has 4 unspecified atom stereocenters. The number of oxime groups is 1. The highest BCUT2D eigenvalue weighted by atomic mass is 19.4. The van der Waals surface area contributed by atoms with Gasteiger partial charge < -0.3 is 25.8 Å². The molecular weight excluding hydrogens is 503 g/mol. The lowest BCUT2D eigenvalue weighted by molar-refractivity contribution is -0.285. The van der Waals surface area contributed by atoms with Crippen molar-refractivity contribution in [2.75, 3.05) is 7.11 Å². The van der Waals surface area contributed by atoms with Crippen molar-refractivity contribution in [1.82, 2.24) is 4.98 Å². The number of nitrogens with zero attached hydrogens (tertiary/aromatic N) is 2. The highest BCUT2D eigenvalue weighted by Crippen LogP contribution is 2.62. The molecule has 4 N–H and O–H groups in total. The number of halogens is 5. The number of hydrogen-bond donors (Lipinski definition) is 2. The van der Waals surface area contributed by atoms with Crippen LogP contribution < -0.4 is 16.2 Å². The number of aromatic nitrogens is 1. The Bertz CT molecular complexity index is 1250. The summed E-state index contributed by atoms with van der Waals surface area (Å²) in [5, 5.41) is 3.78. The number of carbonyl (C=O) groups is 1. The minimum atomic E-state index is -4.98. The Morgan fingerprint density at radius 2 is 1.89 bits per heavy atom. The number of amides is 1. The quantitative estimate of drug-likeness (QED) is 0.245. The average molecular weight is 528 g/mol. The fourth-order valence-corrected chi connectivity index (χ4v) is 4.70. The molecule has 1 saturated heterocycles. The summed E-state index contributed by atoms with van der Waals surface area (Å²) in [4.78, 5) is 22.4. The van der Waals surface area contributed by atoms with Crippen molar-refractivity contribution in [3.8, 4) is 5.75 Å². The van der Waals surface area contributed by atoms with Crippen molar-refractivity contribution in [3.63, 3.8) is 0 Å². The zero-order chi connectivity index (χ0) is 27.3. The number of pyridine rings is 1. The summed E-state index contributed by atoms with van der Waals surface area (Å²) in [6.07, 6.45) is -2.29. The molecule has 37 heavy (non-hydrogen) atoms. The van der Waals surface area contributed by atoms with Gasteiger partial charge >= 0.3 is 6.18 Å². The minimum absolute atomic E-state index is 0.0216. The Labute approximate surface area is 208 Å². The van der Waals surface area contributed by atoms with E-state index in [1.54, 1.807) is 0 Å². The Hall–Kier alpha value is -3.48. The molecule has 2 heterocycles. The number of ether oxygens (including phenoxy) is 2. The minimum Gasteiger partial charge on any atom is -0.493 e. The zero-order valence-electron chi connectivity index (χ0n) is 20.1. The smallest absolute Gasteiger partial charge is 0.417 e. The molecular formula is C24H25F5N4O4. The summed E-state index contributed by atoms with van der Waals surface area (Å²) >= 11 is 0. The summed E-state index contributed by atoms with van der Waals surface area (Å²) in [5.41, 5.74) is 5.86. The lowest BCUT2D eigenvalue weighted by atomic mass is 9.69. The van der Waals surface area contributed by atoms with E-state index in [1.807, 2.05) is 0 Å². The van der Waals surface area contributed by atoms with Crippen LogP contribution in [-0.4, -0.2) is 41.7 Å². The van der Waals surface area contributed by atoms with E-state index in [2.05, 4.69) is 10.1 Å². The van der Waals surface area contributed by atoms with Crippen molar-refractivity contribution in [3.05, 3.63) is 58.9 Å². The first kappa shape index (κ1) is 26.6. The molecule has 1 aliphatic carbocycles. The summed E-state index contributed by atoms with van der Waals surface area (Å²) in [6, 6.07) is 4.21. The summed E-state index contributed by atoms with van der Waals surface area (Å²) in [7, 11) is 1.03. The van der Waals surface area contributed by atoms with E-state index in [-0.39, 0.29) is 28.8 Å². The van der Waals surface area contributed by atoms with E-state index in [0.717, 1.165) is 39.0 Å². The molecule has 1 aliphatic heterocycles. The van der Waals surface area contributed by atoms with Crippen LogP contribution in [0, 0.1) is 17.6 Å². The van der Waals surface area contributed by atoms with Gasteiger partial charge in [-0.25, -0.2) is 4.39 Å². The third-order valence-electron chi connectivity index (χ3n) is 7.00. The first-order valence-corrected chi connectivity index (χ1v) is 11.3. The van der Waals surface area contributed by atoms with Crippen LogP contribution in [-0.2, 0) is 20.0 Å². The number of hydrogen-bond acceptors (Lipinski definition) is 6. The van der Waals surface area contributed by atoms with Gasteiger partial charge in [-0.2, -0.15) is 17.6 Å². The van der Waals surface area contributed by atoms with Gasteiger partial charge in [0.15, 0.2) is 28.6 Å². The fourth-order valence-electron chi connectivity index (χ4n) is 4.70. The molecule has 1 saturated carbocycles. The monoisotopic (exact) mass is 528 g/mol. The van der Waals surface area contributed by atoms with Crippen LogP contribution in [0.5, 0.6) is 5.75 Å². The van der Waals surface area contributed by atoms with E-state index in [9.17, 15) is 26.7 Å². The molecule has 0 radical (unpaired) electrons. The molecule has 0 spiro atoms. The number of alkyl halides is 3. The van der Waals surface area contributed by atoms with Crippen molar-refractivity contribution in [1.29, 1.82) is 0 Å². The van der Waals surface area contributed by atoms with Gasteiger partial charge in [0, 0.05) is 23.6 Å². The number of methoxy groups -OCH3 is 1. The number of primary amides is 1. The first-order valence-electron chi connectivity index (χ1n) is 11.3. The highest BCUT2D eigenvalue weighted by Gasteiger charge is 2.72. The van der Waals surface area contributed by atoms with E-state index in [4.69, 9.17) is 25.8 Å². The lowest BCUT2D eigenvalue weighted by Gasteiger charge is -2.34. The number of amidine groups is 1. The van der Waals surface area contributed by atoms with Crippen molar-refractivity contribution >= 4 is 11.7 Å². The second kappa shape index (κ2) is 9.12. The van der Waals surface area contributed by atoms with Crippen LogP contribution in [0.25, 0.3) is 0 Å². The van der Waals surface area contributed by atoms with Gasteiger partial charge in [-0.15, -0.1) is 0 Å². The van der Waals surface area contributed by atoms with Gasteiger partial charge in [-0.3, -0.25) is 9.78 Å². The Morgan fingerprint density at radius 1 is 1.22 bits per heavy atom. The third kappa shape index (κ3) is 4.24. The molecule has 4 rings (SSSR count). The average Bonchev–Trinajstić information content (AvgIpc) is 3.63. The molecule has 4 atom stereocenters. The maximum Gasteiger partial charge on any atom is 0.417 e. The zero-order valence-corrected chi connectivity index (χ0v) is 20.1. The van der Waals surface area contributed by atoms with Crippen LogP contribution >= 0.6 is 0 Å². The van der Waals surface area contributed by atoms with Crippen molar-refractivity contribution < 1.29 is 41.1 Å². The van der Waals surface area contributed by atoms with Gasteiger partial charge in [0.1, 0.15) is 11.8 Å². The molecule has 2 aliphatic rings. The van der Waals surface area contributed by atoms with Crippen LogP contribution in [0.3, 0.4) is 0 Å². The second-order valence-electron chi connectivity index (χ2n) is 9.27. The lowest BCUT2D eigenvalue weighted by Crippen LogP contribution is -2.50. The molecule has 8 nitrogen and oxygen atoms in total. The van der Waals surface area contributed by atoms with E-state index in [1.165, 1.54) is 25.3 Å². The molecule has 13 heteroatoms. The molecule has 0 bridgehead atoms. The second-order valence-corrected chi connectivity index (χ2v) is 9.27. The Balaban J connectivity index is 1.97. The molecule has 1 aromatic carbocycles. The maximum atomic E-state index is 14.7. The van der Waals surface area contributed by atoms with Crippen molar-refractivity contribution in [2.45, 2.75) is 56.1 Å². The first-order chi connectivity index (χ1) is 17.3. The van der Waals surface area contributed by atoms with E-state index < -0.39 is 52.5 Å². The molecule has 2 fully saturated rings. The fraction of sp³-hybridized carbons (Fsp3) is 0.458. The van der Waals surface area contributed by atoms with Gasteiger partial charge in [-0.1, -0.05) is 18.1 Å². The molecule has 1 aromatic heterocycles. The van der Waals surface area contributed by atoms with Gasteiger partial charge in [0.2, 0.25) is 5.82 Å². The van der Waals surface area contributed by atoms with E-state index in [0.29, 0.717) is 0 Å². The van der Waals surface area contributed by atoms with Gasteiger partial charge in [0.05, 0.1) is 7.11 Å². The summed E-state index contributed by atoms with van der Waals surface area (Å²) < 4.78 is 82.6. The highest BCUT2D eigenvalue weighted by molar-refractivity contribution is 5.96. The van der Waals surface area contributed by atoms with E-state index >= 15 is 0 Å². The largest absolute Gasteiger partial charge is 0.493 e. The van der Waals surface area contributed by atoms with Crippen molar-refractivity contribution in [2.24, 2.45) is 22.5 Å². The molecule has 2 aromatic rings. The number of nitrogens with two attached hydrogens (primary N) is 2. The Kier molecular flexibility index (Phi) is 6.55. The summed E-state index contributed by atoms with van der Waals surface area (Å²) in [5.74, 6) is -7.99. The number of rotatable bonds is 7. The van der Waals surface area contributed by atoms with Crippen LogP contribution in [0.1, 0.15) is 49.4 Å². The number of carbonyl (C=O) groups excluding carboxylic acids is 1. The Morgan fingerprint density at radius 3 is 2.46 bits per heavy atom.